The maximum absolute atomic E-state index is 13.9. The molecule has 0 radical (unpaired) electrons. The minimum absolute atomic E-state index is 0.0497. The lowest BCUT2D eigenvalue weighted by Gasteiger charge is -2.34. The highest BCUT2D eigenvalue weighted by Gasteiger charge is 2.41. The summed E-state index contributed by atoms with van der Waals surface area (Å²) < 4.78 is 42.6. The predicted octanol–water partition coefficient (Wildman–Crippen LogP) is 5.91. The van der Waals surface area contributed by atoms with E-state index in [0.717, 1.165) is 31.2 Å². The van der Waals surface area contributed by atoms with Gasteiger partial charge in [-0.25, -0.2) is 24.2 Å². The molecule has 274 valence electrons. The first-order valence-electron chi connectivity index (χ1n) is 18.1. The zero-order valence-corrected chi connectivity index (χ0v) is 30.4. The molecule has 4 bridgehead atoms. The minimum Gasteiger partial charge on any atom is -0.477 e. The number of esters is 1. The fraction of sp³-hybridized carbons (Fsp3) is 0.447. The molecule has 7 rings (SSSR count). The van der Waals surface area contributed by atoms with E-state index in [1.807, 2.05) is 30.3 Å². The smallest absolute Gasteiger partial charge is 0.342 e. The van der Waals surface area contributed by atoms with Crippen molar-refractivity contribution in [3.8, 4) is 11.7 Å². The summed E-state index contributed by atoms with van der Waals surface area (Å²) in [5, 5.41) is 7.35. The number of benzene rings is 1. The van der Waals surface area contributed by atoms with Gasteiger partial charge in [-0.2, -0.15) is 8.42 Å². The Hall–Kier alpha value is -4.98. The Morgan fingerprint density at radius 3 is 2.60 bits per heavy atom. The lowest BCUT2D eigenvalue weighted by molar-refractivity contribution is 0.0473. The van der Waals surface area contributed by atoms with E-state index in [-0.39, 0.29) is 35.0 Å². The van der Waals surface area contributed by atoms with Gasteiger partial charge in [-0.3, -0.25) is 4.79 Å². The minimum atomic E-state index is -4.47. The fourth-order valence-electron chi connectivity index (χ4n) is 7.56. The van der Waals surface area contributed by atoms with Gasteiger partial charge in [0.15, 0.2) is 10.8 Å². The van der Waals surface area contributed by atoms with Gasteiger partial charge in [0.25, 0.3) is 15.9 Å². The Kier molecular flexibility index (Phi) is 10.2. The van der Waals surface area contributed by atoms with E-state index in [1.165, 1.54) is 37.8 Å². The van der Waals surface area contributed by atoms with Crippen molar-refractivity contribution in [1.29, 1.82) is 0 Å². The maximum atomic E-state index is 13.9. The Morgan fingerprint density at radius 2 is 1.79 bits per heavy atom. The van der Waals surface area contributed by atoms with Gasteiger partial charge in [-0.05, 0) is 81.2 Å². The van der Waals surface area contributed by atoms with Crippen molar-refractivity contribution in [1.82, 2.24) is 24.5 Å². The summed E-state index contributed by atoms with van der Waals surface area (Å²) in [6.45, 7) is 5.93. The van der Waals surface area contributed by atoms with Gasteiger partial charge in [0.05, 0.1) is 12.2 Å². The number of nitrogens with zero attached hydrogens (tertiary/aromatic N) is 5. The molecule has 52 heavy (non-hydrogen) atoms. The van der Waals surface area contributed by atoms with Crippen molar-refractivity contribution in [2.75, 3.05) is 29.9 Å². The van der Waals surface area contributed by atoms with Crippen molar-refractivity contribution in [3.05, 3.63) is 83.6 Å². The second-order valence-electron chi connectivity index (χ2n) is 14.5. The molecule has 0 spiro atoms. The van der Waals surface area contributed by atoms with E-state index < -0.39 is 26.9 Å². The number of nitrogens with one attached hydrogen (secondary N) is 2. The number of aromatic nitrogens is 4. The van der Waals surface area contributed by atoms with E-state index in [9.17, 15) is 18.0 Å². The number of hydrogen-bond donors (Lipinski definition) is 2. The molecule has 5 heterocycles. The lowest BCUT2D eigenvalue weighted by atomic mass is 9.93. The molecule has 1 atom stereocenters. The van der Waals surface area contributed by atoms with Crippen LogP contribution in [-0.4, -0.2) is 65.3 Å². The number of ether oxygens (including phenoxy) is 2. The van der Waals surface area contributed by atoms with Crippen molar-refractivity contribution in [2.45, 2.75) is 82.4 Å². The second kappa shape index (κ2) is 14.9. The number of sulfonamides is 1. The Bertz CT molecular complexity index is 2030. The van der Waals surface area contributed by atoms with Crippen molar-refractivity contribution in [2.24, 2.45) is 11.8 Å². The molecule has 2 fully saturated rings. The SMILES string of the molecule is CC1(C)C[C@@H]2CCCNc3nc(ccc3C(=O)OCc3ccccc3)S(=O)(=O)NC(=O)c3ccc(-n4ccc(OCCC5CCCC5)n4)nc3N1C2. The Labute approximate surface area is 304 Å². The number of fused-ring (bicyclic) bond motifs is 6. The van der Waals surface area contributed by atoms with E-state index in [2.05, 4.69) is 38.9 Å². The molecule has 1 amide bonds. The third-order valence-electron chi connectivity index (χ3n) is 10.3. The van der Waals surface area contributed by atoms with E-state index in [4.69, 9.17) is 14.5 Å². The number of hydrogen-bond acceptors (Lipinski definition) is 11. The number of amides is 1. The predicted molar refractivity (Wildman–Crippen MR) is 195 cm³/mol. The summed E-state index contributed by atoms with van der Waals surface area (Å²) in [6.07, 6.45) is 10.3. The molecule has 13 nitrogen and oxygen atoms in total. The molecule has 3 aliphatic rings. The molecular formula is C38H45N7O6S. The molecule has 1 aromatic carbocycles. The molecule has 14 heteroatoms. The molecule has 2 N–H and O–H groups in total. The zero-order valence-electron chi connectivity index (χ0n) is 29.6. The highest BCUT2D eigenvalue weighted by Crippen LogP contribution is 2.40. The lowest BCUT2D eigenvalue weighted by Crippen LogP contribution is -2.41. The van der Waals surface area contributed by atoms with Crippen LogP contribution in [0.15, 0.2) is 71.9 Å². The van der Waals surface area contributed by atoms with Crippen molar-refractivity contribution in [3.63, 3.8) is 0 Å². The monoisotopic (exact) mass is 727 g/mol. The molecule has 1 saturated heterocycles. The average Bonchev–Trinajstić information content (AvgIpc) is 3.89. The maximum Gasteiger partial charge on any atom is 0.342 e. The number of pyridine rings is 2. The molecular weight excluding hydrogens is 683 g/mol. The topological polar surface area (TPSA) is 158 Å². The first-order valence-corrected chi connectivity index (χ1v) is 19.5. The molecule has 2 aliphatic heterocycles. The second-order valence-corrected chi connectivity index (χ2v) is 16.2. The number of anilines is 2. The highest BCUT2D eigenvalue weighted by atomic mass is 32.2. The third-order valence-corrected chi connectivity index (χ3v) is 11.5. The number of rotatable bonds is 8. The van der Waals surface area contributed by atoms with Gasteiger partial charge in [0, 0.05) is 30.9 Å². The van der Waals surface area contributed by atoms with Crippen molar-refractivity contribution < 1.29 is 27.5 Å². The first kappa shape index (κ1) is 35.4. The number of carbonyl (C=O) groups is 2. The van der Waals surface area contributed by atoms with Crippen LogP contribution in [0.3, 0.4) is 0 Å². The Balaban J connectivity index is 1.16. The van der Waals surface area contributed by atoms with Gasteiger partial charge in [0.2, 0.25) is 5.88 Å². The third kappa shape index (κ3) is 7.91. The molecule has 1 saturated carbocycles. The van der Waals surface area contributed by atoms with Crippen LogP contribution in [0.5, 0.6) is 5.88 Å². The van der Waals surface area contributed by atoms with Crippen molar-refractivity contribution >= 4 is 33.5 Å². The summed E-state index contributed by atoms with van der Waals surface area (Å²) in [7, 11) is -4.47. The van der Waals surface area contributed by atoms with Gasteiger partial charge in [-0.15, -0.1) is 5.10 Å². The van der Waals surface area contributed by atoms with Crippen LogP contribution in [0.1, 0.15) is 91.5 Å². The van der Waals surface area contributed by atoms with Crippen LogP contribution in [-0.2, 0) is 21.4 Å². The molecule has 4 aromatic rings. The number of carbonyl (C=O) groups excluding carboxylic acids is 2. The zero-order chi connectivity index (χ0) is 36.3. The van der Waals surface area contributed by atoms with Gasteiger partial charge < -0.3 is 19.7 Å². The van der Waals surface area contributed by atoms with Gasteiger partial charge >= 0.3 is 5.97 Å². The molecule has 3 aromatic heterocycles. The summed E-state index contributed by atoms with van der Waals surface area (Å²) in [4.78, 5) is 38.4. The Morgan fingerprint density at radius 1 is 0.981 bits per heavy atom. The van der Waals surface area contributed by atoms with Crippen LogP contribution >= 0.6 is 0 Å². The first-order chi connectivity index (χ1) is 25.1. The van der Waals surface area contributed by atoms with Crippen LogP contribution in [0, 0.1) is 11.8 Å². The fourth-order valence-corrected chi connectivity index (χ4v) is 8.48. The van der Waals surface area contributed by atoms with Gasteiger partial charge in [-0.1, -0.05) is 56.0 Å². The summed E-state index contributed by atoms with van der Waals surface area (Å²) in [6, 6.07) is 16.8. The van der Waals surface area contributed by atoms with Gasteiger partial charge in [0.1, 0.15) is 23.8 Å². The van der Waals surface area contributed by atoms with E-state index in [0.29, 0.717) is 43.1 Å². The van der Waals surface area contributed by atoms with Crippen LogP contribution in [0.25, 0.3) is 5.82 Å². The summed E-state index contributed by atoms with van der Waals surface area (Å²) in [5.74, 6) is 0.906. The summed E-state index contributed by atoms with van der Waals surface area (Å²) in [5.41, 5.74) is 0.640. The molecule has 0 unspecified atom stereocenters. The quantitative estimate of drug-likeness (QED) is 0.208. The van der Waals surface area contributed by atoms with Crippen LogP contribution < -0.4 is 19.7 Å². The molecule has 1 aliphatic carbocycles. The largest absolute Gasteiger partial charge is 0.477 e. The van der Waals surface area contributed by atoms with Crippen LogP contribution in [0.4, 0.5) is 11.6 Å². The normalized spacial score (nSPS) is 19.8. The highest BCUT2D eigenvalue weighted by molar-refractivity contribution is 7.90. The standard InChI is InChI=1S/C38H45N7O6S/c1-38(2)23-28-13-8-20-39-34-29(37(47)51-25-27-11-4-3-5-12-27)15-17-33(41-34)52(48,49)43-36(46)30-14-16-31(40-35(30)44(38)24-28)45-21-18-32(42-45)50-22-19-26-9-6-7-10-26/h3-5,11-12,14-18,21,26,28H,6-10,13,19-20,22-25H2,1-2H3,(H,39,41)(H,43,46)/t28-/m0/s1. The van der Waals surface area contributed by atoms with E-state index in [1.54, 1.807) is 29.1 Å². The van der Waals surface area contributed by atoms with Crippen LogP contribution in [0.2, 0.25) is 0 Å². The van der Waals surface area contributed by atoms with E-state index >= 15 is 0 Å². The average molecular weight is 728 g/mol. The summed E-state index contributed by atoms with van der Waals surface area (Å²) >= 11 is 0.